The van der Waals surface area contributed by atoms with Gasteiger partial charge in [-0.1, -0.05) is 19.1 Å². The molecule has 2 aromatic rings. The van der Waals surface area contributed by atoms with Gasteiger partial charge in [-0.2, -0.15) is 0 Å². The number of morpholine rings is 1. The smallest absolute Gasteiger partial charge is 0.341 e. The molecule has 0 saturated carbocycles. The number of likely N-dealkylation sites (tertiary alicyclic amines) is 1. The van der Waals surface area contributed by atoms with Crippen LogP contribution in [0.25, 0.3) is 0 Å². The molecule has 2 unspecified atom stereocenters. The molecule has 2 fully saturated rings. The summed E-state index contributed by atoms with van der Waals surface area (Å²) in [5.41, 5.74) is 1.41. The predicted molar refractivity (Wildman–Crippen MR) is 169 cm³/mol. The van der Waals surface area contributed by atoms with Gasteiger partial charge in [0.15, 0.2) is 18.1 Å². The number of carboxylic acids is 1. The van der Waals surface area contributed by atoms with Crippen LogP contribution in [-0.4, -0.2) is 106 Å². The van der Waals surface area contributed by atoms with E-state index in [9.17, 15) is 14.4 Å². The second kappa shape index (κ2) is 17.0. The van der Waals surface area contributed by atoms with Gasteiger partial charge in [0.1, 0.15) is 17.9 Å². The van der Waals surface area contributed by atoms with Crippen LogP contribution in [0.4, 0.5) is 0 Å². The summed E-state index contributed by atoms with van der Waals surface area (Å²) >= 11 is 0. The van der Waals surface area contributed by atoms with Gasteiger partial charge in [-0.3, -0.25) is 9.69 Å². The highest BCUT2D eigenvalue weighted by molar-refractivity contribution is 5.89. The lowest BCUT2D eigenvalue weighted by molar-refractivity contribution is -0.163. The molecule has 2 saturated heterocycles. The van der Waals surface area contributed by atoms with Gasteiger partial charge >= 0.3 is 11.9 Å². The quantitative estimate of drug-likeness (QED) is 0.282. The predicted octanol–water partition coefficient (Wildman–Crippen LogP) is 4.06. The maximum Gasteiger partial charge on any atom is 0.341 e. The Labute approximate surface area is 270 Å². The highest BCUT2D eigenvalue weighted by Gasteiger charge is 2.38. The minimum atomic E-state index is -1.08. The molecule has 3 atom stereocenters. The monoisotopic (exact) mass is 642 g/mol. The molecular formula is C34H46N2O10. The van der Waals surface area contributed by atoms with Crippen molar-refractivity contribution in [3.05, 3.63) is 47.5 Å². The Morgan fingerprint density at radius 1 is 0.957 bits per heavy atom. The maximum atomic E-state index is 14.2. The fourth-order valence-corrected chi connectivity index (χ4v) is 6.08. The first kappa shape index (κ1) is 34.8. The number of hydrogen-bond donors (Lipinski definition) is 1. The topological polar surface area (TPSA) is 133 Å². The molecule has 2 aromatic carbocycles. The van der Waals surface area contributed by atoms with E-state index < -0.39 is 36.6 Å². The lowest BCUT2D eigenvalue weighted by Crippen LogP contribution is -2.50. The summed E-state index contributed by atoms with van der Waals surface area (Å²) in [6, 6.07) is 9.80. The number of carbonyl (C=O) groups excluding carboxylic acids is 2. The van der Waals surface area contributed by atoms with Crippen molar-refractivity contribution in [3.63, 3.8) is 0 Å². The third-order valence-electron chi connectivity index (χ3n) is 8.52. The van der Waals surface area contributed by atoms with E-state index in [1.165, 1.54) is 21.3 Å². The number of methoxy groups -OCH3 is 3. The third-order valence-corrected chi connectivity index (χ3v) is 8.52. The zero-order chi connectivity index (χ0) is 33.1. The molecule has 0 aliphatic carbocycles. The molecule has 12 nitrogen and oxygen atoms in total. The second-order valence-corrected chi connectivity index (χ2v) is 11.4. The van der Waals surface area contributed by atoms with E-state index in [0.717, 1.165) is 25.9 Å². The van der Waals surface area contributed by atoms with Crippen molar-refractivity contribution in [2.45, 2.75) is 57.1 Å². The van der Waals surface area contributed by atoms with Crippen molar-refractivity contribution < 1.29 is 47.9 Å². The Morgan fingerprint density at radius 3 is 2.30 bits per heavy atom. The summed E-state index contributed by atoms with van der Waals surface area (Å²) in [4.78, 5) is 43.1. The van der Waals surface area contributed by atoms with Crippen LogP contribution >= 0.6 is 0 Å². The van der Waals surface area contributed by atoms with E-state index in [2.05, 4.69) is 4.90 Å². The maximum absolute atomic E-state index is 14.2. The average molecular weight is 643 g/mol. The summed E-state index contributed by atoms with van der Waals surface area (Å²) in [7, 11) is 4.59. The number of nitrogens with zero attached hydrogens (tertiary/aromatic N) is 2. The minimum Gasteiger partial charge on any atom is -0.493 e. The molecule has 0 aromatic heterocycles. The number of amides is 1. The minimum absolute atomic E-state index is 0.160. The van der Waals surface area contributed by atoms with Crippen molar-refractivity contribution in [2.75, 3.05) is 67.3 Å². The number of aliphatic carboxylic acids is 1. The van der Waals surface area contributed by atoms with E-state index in [1.54, 1.807) is 35.2 Å². The van der Waals surface area contributed by atoms with Crippen molar-refractivity contribution in [1.82, 2.24) is 9.80 Å². The van der Waals surface area contributed by atoms with E-state index in [1.807, 2.05) is 13.0 Å². The van der Waals surface area contributed by atoms with E-state index >= 15 is 0 Å². The third kappa shape index (κ3) is 8.82. The Hall–Kier alpha value is -4.03. The average Bonchev–Trinajstić information content (AvgIpc) is 3.09. The number of carbonyl (C=O) groups is 3. The summed E-state index contributed by atoms with van der Waals surface area (Å²) in [6.07, 6.45) is 2.46. The standard InChI is InChI=1S/C34H46N2O10/c1-5-26(24-20-29(41-2)32(43-4)30(21-24)42-3)33(39)36-13-7-6-11-27(36)34(40)46-28(12-14-35-15-17-44-18-16-35)23-9-8-10-25(19-23)45-22-31(37)38/h8-10,19-21,26-28H,5-7,11-18,22H2,1-4H3,(H,37,38)/t26?,27-,28?/m0/s1. The molecule has 0 radical (unpaired) electrons. The van der Waals surface area contributed by atoms with E-state index in [4.69, 9.17) is 33.5 Å². The number of rotatable bonds is 15. The lowest BCUT2D eigenvalue weighted by atomic mass is 9.91. The highest BCUT2D eigenvalue weighted by atomic mass is 16.5. The van der Waals surface area contributed by atoms with Crippen LogP contribution in [0, 0.1) is 0 Å². The molecule has 1 amide bonds. The summed E-state index contributed by atoms with van der Waals surface area (Å²) < 4.78 is 33.7. The molecule has 2 aliphatic heterocycles. The Morgan fingerprint density at radius 2 is 1.67 bits per heavy atom. The number of esters is 1. The summed E-state index contributed by atoms with van der Waals surface area (Å²) in [5, 5.41) is 9.06. The van der Waals surface area contributed by atoms with E-state index in [-0.39, 0.29) is 5.91 Å². The zero-order valence-corrected chi connectivity index (χ0v) is 27.2. The van der Waals surface area contributed by atoms with Gasteiger partial charge < -0.3 is 38.4 Å². The van der Waals surface area contributed by atoms with Crippen LogP contribution in [0.2, 0.25) is 0 Å². The lowest BCUT2D eigenvalue weighted by Gasteiger charge is -2.37. The molecule has 46 heavy (non-hydrogen) atoms. The van der Waals surface area contributed by atoms with Crippen molar-refractivity contribution in [2.24, 2.45) is 0 Å². The summed E-state index contributed by atoms with van der Waals surface area (Å²) in [6.45, 7) is 5.43. The Bertz CT molecular complexity index is 1300. The first-order chi connectivity index (χ1) is 22.3. The van der Waals surface area contributed by atoms with Gasteiger partial charge in [-0.05, 0) is 61.1 Å². The van der Waals surface area contributed by atoms with Crippen molar-refractivity contribution in [3.8, 4) is 23.0 Å². The van der Waals surface area contributed by atoms with Gasteiger partial charge in [0.25, 0.3) is 0 Å². The van der Waals surface area contributed by atoms with Gasteiger partial charge in [-0.15, -0.1) is 0 Å². The number of carboxylic acid groups (broad SMARTS) is 1. The van der Waals surface area contributed by atoms with Crippen LogP contribution in [0.1, 0.15) is 62.2 Å². The first-order valence-electron chi connectivity index (χ1n) is 15.8. The molecule has 0 bridgehead atoms. The molecule has 4 rings (SSSR count). The van der Waals surface area contributed by atoms with Gasteiger partial charge in [0.2, 0.25) is 11.7 Å². The van der Waals surface area contributed by atoms with Gasteiger partial charge in [0.05, 0.1) is 40.5 Å². The van der Waals surface area contributed by atoms with Crippen LogP contribution < -0.4 is 18.9 Å². The van der Waals surface area contributed by atoms with Crippen LogP contribution in [0.3, 0.4) is 0 Å². The Balaban J connectivity index is 1.57. The largest absolute Gasteiger partial charge is 0.493 e. The number of hydrogen-bond acceptors (Lipinski definition) is 10. The number of benzene rings is 2. The van der Waals surface area contributed by atoms with E-state index in [0.29, 0.717) is 79.7 Å². The number of piperidine rings is 1. The fourth-order valence-electron chi connectivity index (χ4n) is 6.08. The van der Waals surface area contributed by atoms with Crippen molar-refractivity contribution >= 4 is 17.8 Å². The molecule has 2 aliphatic rings. The molecule has 0 spiro atoms. The number of ether oxygens (including phenoxy) is 6. The fraction of sp³-hybridized carbons (Fsp3) is 0.559. The van der Waals surface area contributed by atoms with Crippen LogP contribution in [-0.2, 0) is 23.9 Å². The van der Waals surface area contributed by atoms with Crippen LogP contribution in [0.5, 0.6) is 23.0 Å². The zero-order valence-electron chi connectivity index (χ0n) is 27.2. The van der Waals surface area contributed by atoms with Crippen molar-refractivity contribution in [1.29, 1.82) is 0 Å². The molecule has 2 heterocycles. The molecule has 12 heteroatoms. The molecule has 252 valence electrons. The molecular weight excluding hydrogens is 596 g/mol. The second-order valence-electron chi connectivity index (χ2n) is 11.4. The summed E-state index contributed by atoms with van der Waals surface area (Å²) in [5.74, 6) is -0.523. The van der Waals surface area contributed by atoms with Crippen LogP contribution in [0.15, 0.2) is 36.4 Å². The van der Waals surface area contributed by atoms with Gasteiger partial charge in [-0.25, -0.2) is 9.59 Å². The SMILES string of the molecule is CCC(C(=O)N1CCCC[C@H]1C(=O)OC(CCN1CCOCC1)c1cccc(OCC(=O)O)c1)c1cc(OC)c(OC)c(OC)c1. The van der Waals surface area contributed by atoms with Gasteiger partial charge in [0, 0.05) is 32.6 Å². The Kier molecular flexibility index (Phi) is 12.9. The molecule has 1 N–H and O–H groups in total. The first-order valence-corrected chi connectivity index (χ1v) is 15.8. The highest BCUT2D eigenvalue weighted by Crippen LogP contribution is 2.41. The normalized spacial score (nSPS) is 18.3.